The van der Waals surface area contributed by atoms with Gasteiger partial charge in [0, 0.05) is 44.6 Å². The molecule has 5 heteroatoms. The minimum Gasteiger partial charge on any atom is -0.340 e. The summed E-state index contributed by atoms with van der Waals surface area (Å²) in [5, 5.41) is 2.36. The second-order valence-corrected chi connectivity index (χ2v) is 21.9. The lowest BCUT2D eigenvalue weighted by molar-refractivity contribution is 0.195. The van der Waals surface area contributed by atoms with Crippen molar-refractivity contribution in [1.29, 1.82) is 0 Å². The van der Waals surface area contributed by atoms with Gasteiger partial charge in [0.25, 0.3) is 0 Å². The predicted molar refractivity (Wildman–Crippen MR) is 239 cm³/mol. The monoisotopic (exact) mass is 754 g/mol. The van der Waals surface area contributed by atoms with E-state index in [0.717, 1.165) is 30.8 Å². The molecule has 54 heavy (non-hydrogen) atoms. The van der Waals surface area contributed by atoms with Crippen LogP contribution < -0.4 is 30.5 Å². The average Bonchev–Trinajstić information content (AvgIpc) is 3.57. The van der Waals surface area contributed by atoms with Gasteiger partial charge in [-0.05, 0) is 125 Å². The second kappa shape index (κ2) is 12.3. The summed E-state index contributed by atoms with van der Waals surface area (Å²) >= 11 is 9.44. The van der Waals surface area contributed by atoms with Crippen LogP contribution >= 0.6 is 22.9 Å². The van der Waals surface area contributed by atoms with E-state index in [2.05, 4.69) is 141 Å². The van der Waals surface area contributed by atoms with Crippen molar-refractivity contribution < 1.29 is 0 Å². The molecule has 282 valence electrons. The number of anilines is 3. The van der Waals surface area contributed by atoms with Crippen molar-refractivity contribution >= 4 is 75.5 Å². The maximum Gasteiger partial charge on any atom is 0.226 e. The highest BCUT2D eigenvalue weighted by atomic mass is 35.5. The molecule has 2 aromatic carbocycles. The predicted octanol–water partition coefficient (Wildman–Crippen LogP) is 11.1. The highest BCUT2D eigenvalue weighted by Gasteiger charge is 2.62. The molecule has 0 radical (unpaired) electrons. The van der Waals surface area contributed by atoms with Crippen LogP contribution in [0.3, 0.4) is 0 Å². The Kier molecular flexibility index (Phi) is 8.34. The van der Waals surface area contributed by atoms with Gasteiger partial charge >= 0.3 is 0 Å². The van der Waals surface area contributed by atoms with Gasteiger partial charge in [0.1, 0.15) is 0 Å². The largest absolute Gasteiger partial charge is 0.340 e. The van der Waals surface area contributed by atoms with Crippen LogP contribution in [-0.4, -0.2) is 18.8 Å². The number of fused-ring (bicyclic) bond motifs is 10. The molecule has 3 aliphatic heterocycles. The molecule has 4 heterocycles. The molecule has 3 unspecified atom stereocenters. The topological polar surface area (TPSA) is 6.48 Å². The van der Waals surface area contributed by atoms with E-state index in [1.807, 2.05) is 11.3 Å². The van der Waals surface area contributed by atoms with Gasteiger partial charge < -0.3 is 9.80 Å². The Bertz CT molecular complexity index is 2330. The third-order valence-electron chi connectivity index (χ3n) is 14.3. The van der Waals surface area contributed by atoms with E-state index in [4.69, 9.17) is 11.6 Å². The Hall–Kier alpha value is -2.95. The summed E-state index contributed by atoms with van der Waals surface area (Å²) in [5.41, 5.74) is 16.4. The number of nitrogens with zero attached hydrogens (tertiary/aromatic N) is 2. The molecule has 1 fully saturated rings. The molecule has 0 bridgehead atoms. The summed E-state index contributed by atoms with van der Waals surface area (Å²) in [6, 6.07) is 9.98. The van der Waals surface area contributed by atoms with Gasteiger partial charge in [-0.15, -0.1) is 11.3 Å². The van der Waals surface area contributed by atoms with Crippen molar-refractivity contribution in [3.63, 3.8) is 0 Å². The number of hydrogen-bond acceptors (Lipinski definition) is 3. The highest BCUT2D eigenvalue weighted by molar-refractivity contribution is 7.11. The summed E-state index contributed by atoms with van der Waals surface area (Å²) in [7, 11) is 0. The summed E-state index contributed by atoms with van der Waals surface area (Å²) in [4.78, 5) is 7.06. The summed E-state index contributed by atoms with van der Waals surface area (Å²) < 4.78 is 1.50. The molecule has 1 saturated carbocycles. The van der Waals surface area contributed by atoms with Gasteiger partial charge in [-0.25, -0.2) is 0 Å². The number of thiophene rings is 1. The van der Waals surface area contributed by atoms with E-state index >= 15 is 0 Å². The lowest BCUT2D eigenvalue weighted by Gasteiger charge is -2.53. The van der Waals surface area contributed by atoms with Crippen LogP contribution in [0.5, 0.6) is 0 Å². The molecule has 0 N–H and O–H groups in total. The average molecular weight is 755 g/mol. The quantitative estimate of drug-likeness (QED) is 0.193. The van der Waals surface area contributed by atoms with Crippen LogP contribution in [0.25, 0.3) is 17.8 Å². The van der Waals surface area contributed by atoms with Crippen LogP contribution in [0.2, 0.25) is 10.8 Å². The zero-order chi connectivity index (χ0) is 38.3. The van der Waals surface area contributed by atoms with Crippen LogP contribution in [0.4, 0.5) is 17.1 Å². The fourth-order valence-electron chi connectivity index (χ4n) is 11.4. The SMILES string of the molecule is C/C(=C/C(=C\C(C)C)C(C)(C)C)CN1C2=c3sc4c(c3=CCC2B2c3cc(C(C)(C)C)cc5c3N(c3cc(Cl)cc1c32)C1(C)CCCCC51C)CCC=C4. The molecule has 0 spiro atoms. The second-order valence-electron chi connectivity index (χ2n) is 20.4. The molecular formula is C49H60BClN2S. The number of halogens is 1. The van der Waals surface area contributed by atoms with Crippen molar-refractivity contribution in [2.75, 3.05) is 16.3 Å². The first-order chi connectivity index (χ1) is 25.4. The first kappa shape index (κ1) is 36.7. The molecule has 3 aliphatic carbocycles. The van der Waals surface area contributed by atoms with Gasteiger partial charge in [0.05, 0.1) is 10.1 Å². The van der Waals surface area contributed by atoms with E-state index < -0.39 is 0 Å². The van der Waals surface area contributed by atoms with Crippen LogP contribution in [0.1, 0.15) is 136 Å². The van der Waals surface area contributed by atoms with Gasteiger partial charge in [0.2, 0.25) is 6.71 Å². The molecular weight excluding hydrogens is 695 g/mol. The van der Waals surface area contributed by atoms with Crippen molar-refractivity contribution in [2.45, 2.75) is 143 Å². The maximum atomic E-state index is 7.40. The Balaban J connectivity index is 1.36. The molecule has 9 rings (SSSR count). The first-order valence-electron chi connectivity index (χ1n) is 20.9. The minimum absolute atomic E-state index is 0.0127. The molecule has 1 aromatic heterocycles. The van der Waals surface area contributed by atoms with E-state index in [-0.39, 0.29) is 28.5 Å². The Morgan fingerprint density at radius 2 is 1.78 bits per heavy atom. The summed E-state index contributed by atoms with van der Waals surface area (Å²) in [6.45, 7) is 27.6. The van der Waals surface area contributed by atoms with Gasteiger partial charge in [-0.2, -0.15) is 0 Å². The normalized spacial score (nSPS) is 25.6. The minimum atomic E-state index is -0.0127. The molecule has 6 aliphatic rings. The summed E-state index contributed by atoms with van der Waals surface area (Å²) in [6.07, 6.45) is 20.7. The van der Waals surface area contributed by atoms with Crippen molar-refractivity contribution in [1.82, 2.24) is 0 Å². The van der Waals surface area contributed by atoms with E-state index in [9.17, 15) is 0 Å². The fourth-order valence-corrected chi connectivity index (χ4v) is 13.0. The van der Waals surface area contributed by atoms with E-state index in [0.29, 0.717) is 11.7 Å². The maximum absolute atomic E-state index is 7.40. The fraction of sp³-hybridized carbons (Fsp3) is 0.510. The van der Waals surface area contributed by atoms with Crippen LogP contribution in [0, 0.1) is 11.3 Å². The van der Waals surface area contributed by atoms with Crippen molar-refractivity contribution in [3.05, 3.63) is 90.0 Å². The number of allylic oxidation sites excluding steroid dienone is 4. The molecule has 3 aromatic rings. The van der Waals surface area contributed by atoms with Crippen molar-refractivity contribution in [3.8, 4) is 0 Å². The number of rotatable bonds is 4. The first-order valence-corrected chi connectivity index (χ1v) is 22.1. The molecule has 0 amide bonds. The van der Waals surface area contributed by atoms with Gasteiger partial charge in [0.15, 0.2) is 0 Å². The van der Waals surface area contributed by atoms with Gasteiger partial charge in [-0.3, -0.25) is 0 Å². The molecule has 2 nitrogen and oxygen atoms in total. The summed E-state index contributed by atoms with van der Waals surface area (Å²) in [5.74, 6) is 0.842. The van der Waals surface area contributed by atoms with Crippen LogP contribution in [0.15, 0.2) is 53.6 Å². The van der Waals surface area contributed by atoms with Crippen molar-refractivity contribution in [2.24, 2.45) is 11.3 Å². The van der Waals surface area contributed by atoms with Crippen LogP contribution in [-0.2, 0) is 17.3 Å². The van der Waals surface area contributed by atoms with E-state index in [1.54, 1.807) is 16.6 Å². The number of hydrogen-bond donors (Lipinski definition) is 0. The molecule has 3 atom stereocenters. The number of benzene rings is 2. The smallest absolute Gasteiger partial charge is 0.226 e. The van der Waals surface area contributed by atoms with Gasteiger partial charge in [-0.1, -0.05) is 129 Å². The lowest BCUT2D eigenvalue weighted by atomic mass is 9.29. The third kappa shape index (κ3) is 5.24. The highest BCUT2D eigenvalue weighted by Crippen LogP contribution is 2.63. The molecule has 0 saturated heterocycles. The Labute approximate surface area is 334 Å². The third-order valence-corrected chi connectivity index (χ3v) is 15.8. The zero-order valence-electron chi connectivity index (χ0n) is 34.8. The zero-order valence-corrected chi connectivity index (χ0v) is 36.3. The lowest BCUT2D eigenvalue weighted by Crippen LogP contribution is -2.63. The standard InChI is InChI=1S/C49H60BClN2S/c1-29(2)22-31(46(4,5)6)23-30(3)28-52-39-26-33(51)27-40-42(39)50(37-19-18-35-34-16-12-13-17-41(34)54-45(35)44(37)52)38-25-32(47(7,8)9)24-36-43(38)53(40)49(11)21-15-14-20-48(36,49)10/h13,17-18,22-27,29,37H,12,14-16,19-21,28H2,1-11H3/b30-23-,31-22+. The Morgan fingerprint density at radius 1 is 1.04 bits per heavy atom. The Morgan fingerprint density at radius 3 is 2.50 bits per heavy atom. The van der Waals surface area contributed by atoms with E-state index in [1.165, 1.54) is 85.2 Å².